The van der Waals surface area contributed by atoms with Gasteiger partial charge in [-0.1, -0.05) is 18.2 Å². The topological polar surface area (TPSA) is 24.5 Å². The van der Waals surface area contributed by atoms with Crippen LogP contribution in [0.5, 0.6) is 0 Å². The van der Waals surface area contributed by atoms with Crippen molar-refractivity contribution in [2.45, 2.75) is 45.9 Å². The molecule has 0 bridgehead atoms. The number of hydrogen-bond acceptors (Lipinski definition) is 3. The number of nitrogens with one attached hydrogen (secondary N) is 1. The number of morpholine rings is 1. The van der Waals surface area contributed by atoms with Crippen LogP contribution in [-0.4, -0.2) is 31.3 Å². The molecule has 0 saturated carbocycles. The van der Waals surface area contributed by atoms with Gasteiger partial charge in [0, 0.05) is 30.9 Å². The number of hydrogen-bond donors (Lipinski definition) is 1. The fourth-order valence-electron chi connectivity index (χ4n) is 2.37. The first-order chi connectivity index (χ1) is 8.96. The highest BCUT2D eigenvalue weighted by atomic mass is 16.5. The van der Waals surface area contributed by atoms with Gasteiger partial charge in [0.2, 0.25) is 0 Å². The van der Waals surface area contributed by atoms with E-state index < -0.39 is 0 Å². The Labute approximate surface area is 116 Å². The van der Waals surface area contributed by atoms with Crippen LogP contribution in [0.4, 0.5) is 5.69 Å². The zero-order valence-corrected chi connectivity index (χ0v) is 12.6. The van der Waals surface area contributed by atoms with E-state index in [0.29, 0.717) is 6.10 Å². The number of ether oxygens (including phenoxy) is 1. The summed E-state index contributed by atoms with van der Waals surface area (Å²) in [7, 11) is 0. The molecule has 1 atom stereocenters. The van der Waals surface area contributed by atoms with E-state index in [-0.39, 0.29) is 5.54 Å². The molecule has 106 valence electrons. The van der Waals surface area contributed by atoms with Gasteiger partial charge in [-0.2, -0.15) is 0 Å². The fourth-order valence-corrected chi connectivity index (χ4v) is 2.37. The molecule has 1 aliphatic rings. The second-order valence-electron chi connectivity index (χ2n) is 6.36. The Hall–Kier alpha value is -1.06. The van der Waals surface area contributed by atoms with Gasteiger partial charge in [0.15, 0.2) is 0 Å². The summed E-state index contributed by atoms with van der Waals surface area (Å²) in [5, 5.41) is 3.57. The summed E-state index contributed by atoms with van der Waals surface area (Å²) < 4.78 is 5.63. The lowest BCUT2D eigenvalue weighted by atomic mass is 10.1. The molecule has 1 aromatic carbocycles. The maximum absolute atomic E-state index is 5.63. The van der Waals surface area contributed by atoms with Crippen LogP contribution in [0.1, 0.15) is 33.3 Å². The summed E-state index contributed by atoms with van der Waals surface area (Å²) in [6.07, 6.45) is 0.317. The Bertz CT molecular complexity index is 411. The second-order valence-corrected chi connectivity index (χ2v) is 6.36. The van der Waals surface area contributed by atoms with Crippen molar-refractivity contribution in [1.82, 2.24) is 5.32 Å². The van der Waals surface area contributed by atoms with Crippen molar-refractivity contribution >= 4 is 5.69 Å². The van der Waals surface area contributed by atoms with E-state index in [2.05, 4.69) is 62.2 Å². The Morgan fingerprint density at radius 3 is 2.74 bits per heavy atom. The lowest BCUT2D eigenvalue weighted by molar-refractivity contribution is 0.0531. The van der Waals surface area contributed by atoms with Crippen LogP contribution in [-0.2, 0) is 11.3 Å². The third kappa shape index (κ3) is 4.22. The molecular formula is C16H26N2O. The third-order valence-corrected chi connectivity index (χ3v) is 3.38. The summed E-state index contributed by atoms with van der Waals surface area (Å²) in [4.78, 5) is 2.44. The second kappa shape index (κ2) is 5.93. The number of nitrogens with zero attached hydrogens (tertiary/aromatic N) is 1. The molecule has 0 aromatic heterocycles. The minimum atomic E-state index is 0.144. The molecule has 1 aliphatic heterocycles. The standard InChI is InChI=1S/C16H26N2O/c1-13-12-18(9-10-19-13)15-8-6-5-7-14(15)11-17-16(2,3)4/h5-8,13,17H,9-12H2,1-4H3. The molecule has 0 spiro atoms. The minimum Gasteiger partial charge on any atom is -0.375 e. The monoisotopic (exact) mass is 262 g/mol. The van der Waals surface area contributed by atoms with Gasteiger partial charge in [-0.05, 0) is 39.3 Å². The van der Waals surface area contributed by atoms with Crippen molar-refractivity contribution in [1.29, 1.82) is 0 Å². The predicted octanol–water partition coefficient (Wildman–Crippen LogP) is 2.80. The van der Waals surface area contributed by atoms with Gasteiger partial charge in [-0.3, -0.25) is 0 Å². The summed E-state index contributed by atoms with van der Waals surface area (Å²) in [6, 6.07) is 8.68. The van der Waals surface area contributed by atoms with Crippen LogP contribution in [0.15, 0.2) is 24.3 Å². The van der Waals surface area contributed by atoms with E-state index >= 15 is 0 Å². The van der Waals surface area contributed by atoms with Crippen molar-refractivity contribution in [3.63, 3.8) is 0 Å². The average molecular weight is 262 g/mol. The summed E-state index contributed by atoms with van der Waals surface area (Å²) >= 11 is 0. The quantitative estimate of drug-likeness (QED) is 0.906. The Morgan fingerprint density at radius 1 is 1.32 bits per heavy atom. The van der Waals surface area contributed by atoms with Gasteiger partial charge in [0.25, 0.3) is 0 Å². The number of para-hydroxylation sites is 1. The minimum absolute atomic E-state index is 0.144. The zero-order chi connectivity index (χ0) is 13.9. The van der Waals surface area contributed by atoms with Crippen molar-refractivity contribution in [3.05, 3.63) is 29.8 Å². The zero-order valence-electron chi connectivity index (χ0n) is 12.6. The van der Waals surface area contributed by atoms with Crippen molar-refractivity contribution in [3.8, 4) is 0 Å². The van der Waals surface area contributed by atoms with Gasteiger partial charge in [0.05, 0.1) is 12.7 Å². The first-order valence-corrected chi connectivity index (χ1v) is 7.15. The molecule has 1 unspecified atom stereocenters. The van der Waals surface area contributed by atoms with Crippen molar-refractivity contribution in [2.75, 3.05) is 24.6 Å². The smallest absolute Gasteiger partial charge is 0.0722 e. The van der Waals surface area contributed by atoms with Gasteiger partial charge in [0.1, 0.15) is 0 Å². The Balaban J connectivity index is 2.11. The van der Waals surface area contributed by atoms with Crippen LogP contribution in [0.3, 0.4) is 0 Å². The molecule has 1 N–H and O–H groups in total. The first-order valence-electron chi connectivity index (χ1n) is 7.15. The summed E-state index contributed by atoms with van der Waals surface area (Å²) in [5.74, 6) is 0. The van der Waals surface area contributed by atoms with E-state index in [4.69, 9.17) is 4.74 Å². The molecule has 3 heteroatoms. The number of anilines is 1. The molecule has 1 saturated heterocycles. The highest BCUT2D eigenvalue weighted by molar-refractivity contribution is 5.54. The highest BCUT2D eigenvalue weighted by Gasteiger charge is 2.19. The normalized spacial score (nSPS) is 20.6. The van der Waals surface area contributed by atoms with Crippen LogP contribution >= 0.6 is 0 Å². The van der Waals surface area contributed by atoms with E-state index in [9.17, 15) is 0 Å². The molecule has 0 radical (unpaired) electrons. The molecule has 1 aromatic rings. The van der Waals surface area contributed by atoms with Crippen LogP contribution in [0.2, 0.25) is 0 Å². The van der Waals surface area contributed by atoms with Crippen LogP contribution in [0.25, 0.3) is 0 Å². The van der Waals surface area contributed by atoms with Crippen molar-refractivity contribution in [2.24, 2.45) is 0 Å². The average Bonchev–Trinajstić information content (AvgIpc) is 2.36. The summed E-state index contributed by atoms with van der Waals surface area (Å²) in [5.41, 5.74) is 2.85. The molecule has 0 amide bonds. The maximum Gasteiger partial charge on any atom is 0.0722 e. The van der Waals surface area contributed by atoms with Gasteiger partial charge < -0.3 is 15.0 Å². The van der Waals surface area contributed by atoms with E-state index in [1.165, 1.54) is 11.3 Å². The molecular weight excluding hydrogens is 236 g/mol. The molecule has 2 rings (SSSR count). The molecule has 1 fully saturated rings. The van der Waals surface area contributed by atoms with Gasteiger partial charge >= 0.3 is 0 Å². The number of benzene rings is 1. The predicted molar refractivity (Wildman–Crippen MR) is 80.7 cm³/mol. The molecule has 1 heterocycles. The molecule has 0 aliphatic carbocycles. The van der Waals surface area contributed by atoms with E-state index in [0.717, 1.165) is 26.2 Å². The third-order valence-electron chi connectivity index (χ3n) is 3.38. The number of rotatable bonds is 3. The van der Waals surface area contributed by atoms with Crippen LogP contribution < -0.4 is 10.2 Å². The van der Waals surface area contributed by atoms with Gasteiger partial charge in [-0.25, -0.2) is 0 Å². The van der Waals surface area contributed by atoms with E-state index in [1.807, 2.05) is 0 Å². The van der Waals surface area contributed by atoms with Crippen molar-refractivity contribution < 1.29 is 4.74 Å². The Morgan fingerprint density at radius 2 is 2.05 bits per heavy atom. The lowest BCUT2D eigenvalue weighted by Gasteiger charge is -2.34. The largest absolute Gasteiger partial charge is 0.375 e. The molecule has 3 nitrogen and oxygen atoms in total. The Kier molecular flexibility index (Phi) is 4.48. The molecule has 19 heavy (non-hydrogen) atoms. The SMILES string of the molecule is CC1CN(c2ccccc2CNC(C)(C)C)CCO1. The fraction of sp³-hybridized carbons (Fsp3) is 0.625. The van der Waals surface area contributed by atoms with Gasteiger partial charge in [-0.15, -0.1) is 0 Å². The summed E-state index contributed by atoms with van der Waals surface area (Å²) in [6.45, 7) is 12.4. The highest BCUT2D eigenvalue weighted by Crippen LogP contribution is 2.23. The maximum atomic E-state index is 5.63. The van der Waals surface area contributed by atoms with Crippen LogP contribution in [0, 0.1) is 0 Å². The lowest BCUT2D eigenvalue weighted by Crippen LogP contribution is -2.42. The van der Waals surface area contributed by atoms with E-state index in [1.54, 1.807) is 0 Å². The first kappa shape index (κ1) is 14.4.